The van der Waals surface area contributed by atoms with Crippen molar-refractivity contribution in [1.82, 2.24) is 19.3 Å². The van der Waals surface area contributed by atoms with Crippen LogP contribution in [0.1, 0.15) is 30.3 Å². The zero-order valence-electron chi connectivity index (χ0n) is 14.4. The van der Waals surface area contributed by atoms with Crippen LogP contribution >= 0.6 is 8.07 Å². The van der Waals surface area contributed by atoms with Gasteiger partial charge in [-0.05, 0) is 19.2 Å². The fourth-order valence-corrected chi connectivity index (χ4v) is 3.88. The fourth-order valence-electron chi connectivity index (χ4n) is 2.19. The lowest BCUT2D eigenvalue weighted by molar-refractivity contribution is 0.0792. The van der Waals surface area contributed by atoms with Gasteiger partial charge in [0, 0.05) is 27.3 Å². The van der Waals surface area contributed by atoms with Crippen molar-refractivity contribution in [3.63, 3.8) is 0 Å². The third kappa shape index (κ3) is 5.22. The first-order valence-electron chi connectivity index (χ1n) is 7.94. The van der Waals surface area contributed by atoms with E-state index in [-0.39, 0.29) is 11.6 Å². The van der Waals surface area contributed by atoms with Crippen molar-refractivity contribution in [2.75, 3.05) is 24.8 Å². The third-order valence-electron chi connectivity index (χ3n) is 3.47. The Kier molecular flexibility index (Phi) is 6.87. The molecule has 0 aliphatic rings. The number of aromatic nitrogens is 4. The summed E-state index contributed by atoms with van der Waals surface area (Å²) in [7, 11) is 1.03. The lowest BCUT2D eigenvalue weighted by Crippen LogP contribution is -2.18. The first-order valence-corrected chi connectivity index (χ1v) is 9.86. The molecule has 0 aliphatic heterocycles. The summed E-state index contributed by atoms with van der Waals surface area (Å²) in [5, 5.41) is 11.0. The number of carbonyl (C=O) groups is 1. The number of hydrogen-bond donors (Lipinski definition) is 1. The molecule has 2 aromatic rings. The Hall–Kier alpha value is -2.02. The third-order valence-corrected chi connectivity index (χ3v) is 5.40. The molecular formula is C15H22F2N5O2P. The van der Waals surface area contributed by atoms with Gasteiger partial charge < -0.3 is 10.1 Å². The van der Waals surface area contributed by atoms with Crippen molar-refractivity contribution >= 4 is 19.8 Å². The van der Waals surface area contributed by atoms with Crippen LogP contribution in [0.15, 0.2) is 18.3 Å². The Morgan fingerprint density at radius 2 is 2.24 bits per heavy atom. The predicted octanol–water partition coefficient (Wildman–Crippen LogP) is 3.19. The normalized spacial score (nSPS) is 12.4. The summed E-state index contributed by atoms with van der Waals surface area (Å²) in [5.74, 6) is 0.190. The molecule has 25 heavy (non-hydrogen) atoms. The van der Waals surface area contributed by atoms with E-state index in [0.717, 1.165) is 19.0 Å². The molecule has 0 saturated heterocycles. The van der Waals surface area contributed by atoms with Crippen LogP contribution < -0.4 is 10.1 Å². The monoisotopic (exact) mass is 373 g/mol. The van der Waals surface area contributed by atoms with Crippen LogP contribution in [-0.2, 0) is 7.05 Å². The standard InChI is InChI=1S/C15H22F2N5O2P/c1-4-5-8-25(3)22-13(6-7-18-22)19-15(23)11-9-14(20-21(11)2)24-10-12(16)17/h6-7,9,12H,4-5,8,10H2,1-3H3,(H,19,23). The smallest absolute Gasteiger partial charge is 0.275 e. The molecule has 0 spiro atoms. The number of carbonyl (C=O) groups excluding carboxylic acids is 1. The molecule has 0 radical (unpaired) electrons. The highest BCUT2D eigenvalue weighted by molar-refractivity contribution is 7.55. The summed E-state index contributed by atoms with van der Waals surface area (Å²) >= 11 is 0. The van der Waals surface area contributed by atoms with Crippen LogP contribution in [0.25, 0.3) is 0 Å². The molecular weight excluding hydrogens is 351 g/mol. The second kappa shape index (κ2) is 8.89. The van der Waals surface area contributed by atoms with Gasteiger partial charge in [-0.2, -0.15) is 5.10 Å². The van der Waals surface area contributed by atoms with Gasteiger partial charge in [0.25, 0.3) is 12.3 Å². The fraction of sp³-hybridized carbons (Fsp3) is 0.533. The summed E-state index contributed by atoms with van der Waals surface area (Å²) in [4.78, 5) is 12.5. The quantitative estimate of drug-likeness (QED) is 0.685. The number of nitrogens with zero attached hydrogens (tertiary/aromatic N) is 4. The van der Waals surface area contributed by atoms with E-state index in [2.05, 4.69) is 29.1 Å². The lowest BCUT2D eigenvalue weighted by Gasteiger charge is -2.15. The van der Waals surface area contributed by atoms with Crippen molar-refractivity contribution in [3.8, 4) is 5.88 Å². The van der Waals surface area contributed by atoms with Crippen molar-refractivity contribution in [2.24, 2.45) is 7.05 Å². The number of halogens is 2. The van der Waals surface area contributed by atoms with Crippen LogP contribution in [0.5, 0.6) is 5.88 Å². The zero-order valence-corrected chi connectivity index (χ0v) is 15.3. The highest BCUT2D eigenvalue weighted by Crippen LogP contribution is 2.36. The molecule has 0 bridgehead atoms. The molecule has 1 atom stereocenters. The average molecular weight is 373 g/mol. The van der Waals surface area contributed by atoms with Crippen molar-refractivity contribution in [1.29, 1.82) is 0 Å². The van der Waals surface area contributed by atoms with E-state index >= 15 is 0 Å². The van der Waals surface area contributed by atoms with Crippen LogP contribution in [0, 0.1) is 0 Å². The maximum Gasteiger partial charge on any atom is 0.275 e. The van der Waals surface area contributed by atoms with E-state index in [1.807, 2.05) is 4.45 Å². The van der Waals surface area contributed by atoms with Crippen LogP contribution in [0.3, 0.4) is 0 Å². The highest BCUT2D eigenvalue weighted by Gasteiger charge is 2.18. The molecule has 2 rings (SSSR count). The van der Waals surface area contributed by atoms with Gasteiger partial charge in [0.05, 0.1) is 6.20 Å². The lowest BCUT2D eigenvalue weighted by atomic mass is 10.4. The molecule has 10 heteroatoms. The second-order valence-corrected chi connectivity index (χ2v) is 7.63. The minimum atomic E-state index is -2.60. The summed E-state index contributed by atoms with van der Waals surface area (Å²) in [6.07, 6.45) is 2.27. The van der Waals surface area contributed by atoms with Gasteiger partial charge in [-0.1, -0.05) is 13.3 Å². The van der Waals surface area contributed by atoms with Crippen molar-refractivity contribution in [3.05, 3.63) is 24.0 Å². The molecule has 1 N–H and O–H groups in total. The number of anilines is 1. The summed E-state index contributed by atoms with van der Waals surface area (Å²) in [5.41, 5.74) is 0.214. The maximum absolute atomic E-state index is 12.5. The molecule has 1 amide bonds. The number of aryl methyl sites for hydroxylation is 1. The second-order valence-electron chi connectivity index (χ2n) is 5.49. The van der Waals surface area contributed by atoms with E-state index in [9.17, 15) is 13.6 Å². The summed E-state index contributed by atoms with van der Waals surface area (Å²) in [6, 6.07) is 3.07. The number of alkyl halides is 2. The van der Waals surface area contributed by atoms with E-state index in [4.69, 9.17) is 4.74 Å². The number of nitrogens with one attached hydrogen (secondary N) is 1. The molecule has 2 aromatic heterocycles. The van der Waals surface area contributed by atoms with E-state index in [1.54, 1.807) is 19.3 Å². The van der Waals surface area contributed by atoms with E-state index < -0.39 is 27.0 Å². The number of amides is 1. The Bertz CT molecular complexity index is 704. The largest absolute Gasteiger partial charge is 0.471 e. The van der Waals surface area contributed by atoms with Crippen molar-refractivity contribution in [2.45, 2.75) is 26.2 Å². The van der Waals surface area contributed by atoms with Gasteiger partial charge >= 0.3 is 0 Å². The van der Waals surface area contributed by atoms with Gasteiger partial charge in [0.15, 0.2) is 6.61 Å². The van der Waals surface area contributed by atoms with Crippen LogP contribution in [0.4, 0.5) is 14.6 Å². The summed E-state index contributed by atoms with van der Waals surface area (Å²) in [6.45, 7) is 3.47. The SMILES string of the molecule is CCCCP(C)n1nccc1NC(=O)c1cc(OCC(F)F)nn1C. The molecule has 1 unspecified atom stereocenters. The first kappa shape index (κ1) is 19.3. The Labute approximate surface area is 146 Å². The zero-order chi connectivity index (χ0) is 18.4. The molecule has 0 fully saturated rings. The van der Waals surface area contributed by atoms with E-state index in [1.165, 1.54) is 10.7 Å². The van der Waals surface area contributed by atoms with Gasteiger partial charge in [-0.15, -0.1) is 5.10 Å². The molecule has 2 heterocycles. The van der Waals surface area contributed by atoms with Gasteiger partial charge in [-0.25, -0.2) is 13.2 Å². The van der Waals surface area contributed by atoms with Gasteiger partial charge in [0.1, 0.15) is 11.5 Å². The van der Waals surface area contributed by atoms with Crippen LogP contribution in [-0.4, -0.2) is 51.1 Å². The van der Waals surface area contributed by atoms with Gasteiger partial charge in [0.2, 0.25) is 5.88 Å². The maximum atomic E-state index is 12.5. The molecule has 7 nitrogen and oxygen atoms in total. The average Bonchev–Trinajstić information content (AvgIpc) is 3.17. The first-order chi connectivity index (χ1) is 11.9. The van der Waals surface area contributed by atoms with Crippen molar-refractivity contribution < 1.29 is 18.3 Å². The number of ether oxygens (including phenoxy) is 1. The molecule has 0 saturated carbocycles. The Morgan fingerprint density at radius 1 is 1.48 bits per heavy atom. The Balaban J connectivity index is 2.06. The molecule has 138 valence electrons. The minimum absolute atomic E-state index is 0.0119. The number of rotatable bonds is 9. The Morgan fingerprint density at radius 3 is 2.92 bits per heavy atom. The number of hydrogen-bond acceptors (Lipinski definition) is 4. The highest BCUT2D eigenvalue weighted by atomic mass is 31.1. The summed E-state index contributed by atoms with van der Waals surface area (Å²) < 4.78 is 32.4. The predicted molar refractivity (Wildman–Crippen MR) is 92.9 cm³/mol. The molecule has 0 aliphatic carbocycles. The van der Waals surface area contributed by atoms with E-state index in [0.29, 0.717) is 5.82 Å². The minimum Gasteiger partial charge on any atom is -0.471 e. The number of unbranched alkanes of at least 4 members (excludes halogenated alkanes) is 1. The topological polar surface area (TPSA) is 74.0 Å². The molecule has 0 aromatic carbocycles. The van der Waals surface area contributed by atoms with Gasteiger partial charge in [-0.3, -0.25) is 9.48 Å². The van der Waals surface area contributed by atoms with Crippen LogP contribution in [0.2, 0.25) is 0 Å².